The number of amides is 1. The molecule has 1 amide bonds. The zero-order valence-electron chi connectivity index (χ0n) is 15.8. The Bertz CT molecular complexity index is 1090. The molecule has 6 heteroatoms. The van der Waals surface area contributed by atoms with E-state index >= 15 is 0 Å². The van der Waals surface area contributed by atoms with Gasteiger partial charge in [0, 0.05) is 6.08 Å². The molecule has 150 valence electrons. The molecule has 0 spiro atoms. The van der Waals surface area contributed by atoms with Crippen LogP contribution in [0.2, 0.25) is 0 Å². The third-order valence-electron chi connectivity index (χ3n) is 3.97. The van der Waals surface area contributed by atoms with Crippen molar-refractivity contribution in [2.75, 3.05) is 0 Å². The highest BCUT2D eigenvalue weighted by Gasteiger charge is 2.10. The average Bonchev–Trinajstić information content (AvgIpc) is 2.75. The molecular weight excluding hydrogens is 493 g/mol. The van der Waals surface area contributed by atoms with Gasteiger partial charge in [-0.25, -0.2) is 4.79 Å². The third-order valence-corrected chi connectivity index (χ3v) is 4.86. The number of benzene rings is 3. The van der Waals surface area contributed by atoms with Crippen LogP contribution in [0.25, 0.3) is 12.2 Å². The Balaban J connectivity index is 1.69. The molecule has 0 saturated carbocycles. The normalized spacial score (nSPS) is 11.3. The summed E-state index contributed by atoms with van der Waals surface area (Å²) in [6, 6.07) is 23.8. The zero-order valence-corrected chi connectivity index (χ0v) is 17.9. The highest BCUT2D eigenvalue weighted by Crippen LogP contribution is 2.26. The van der Waals surface area contributed by atoms with E-state index in [0.717, 1.165) is 14.9 Å². The first kappa shape index (κ1) is 21.3. The Kier molecular flexibility index (Phi) is 7.40. The molecule has 0 heterocycles. The number of halogens is 1. The van der Waals surface area contributed by atoms with Crippen molar-refractivity contribution in [3.8, 4) is 11.5 Å². The Morgan fingerprint density at radius 2 is 1.53 bits per heavy atom. The molecule has 0 radical (unpaired) electrons. The lowest BCUT2D eigenvalue weighted by Gasteiger charge is -2.08. The van der Waals surface area contributed by atoms with Crippen molar-refractivity contribution in [2.45, 2.75) is 0 Å². The van der Waals surface area contributed by atoms with Gasteiger partial charge in [-0.15, -0.1) is 0 Å². The van der Waals surface area contributed by atoms with Crippen molar-refractivity contribution in [1.82, 2.24) is 5.32 Å². The largest absolute Gasteiger partial charge is 0.477 e. The van der Waals surface area contributed by atoms with E-state index in [0.29, 0.717) is 11.3 Å². The quantitative estimate of drug-likeness (QED) is 0.332. The number of para-hydroxylation sites is 1. The van der Waals surface area contributed by atoms with E-state index in [4.69, 9.17) is 4.74 Å². The van der Waals surface area contributed by atoms with Gasteiger partial charge in [0.25, 0.3) is 0 Å². The number of carboxylic acids is 1. The summed E-state index contributed by atoms with van der Waals surface area (Å²) in [7, 11) is 0. The van der Waals surface area contributed by atoms with E-state index < -0.39 is 11.9 Å². The van der Waals surface area contributed by atoms with E-state index in [2.05, 4.69) is 27.9 Å². The monoisotopic (exact) mass is 511 g/mol. The summed E-state index contributed by atoms with van der Waals surface area (Å²) < 4.78 is 6.82. The lowest BCUT2D eigenvalue weighted by molar-refractivity contribution is -0.134. The Hall–Kier alpha value is -3.39. The van der Waals surface area contributed by atoms with Gasteiger partial charge in [0.05, 0.1) is 3.57 Å². The summed E-state index contributed by atoms with van der Waals surface area (Å²) in [6.45, 7) is 0. The fraction of sp³-hybridized carbons (Fsp3) is 0. The van der Waals surface area contributed by atoms with E-state index in [9.17, 15) is 14.7 Å². The second-order valence-corrected chi connectivity index (χ2v) is 7.36. The summed E-state index contributed by atoms with van der Waals surface area (Å²) in [5, 5.41) is 11.8. The molecule has 5 nitrogen and oxygen atoms in total. The van der Waals surface area contributed by atoms with E-state index in [1.807, 2.05) is 54.6 Å². The highest BCUT2D eigenvalue weighted by atomic mass is 127. The van der Waals surface area contributed by atoms with Crippen molar-refractivity contribution in [3.63, 3.8) is 0 Å². The van der Waals surface area contributed by atoms with Crippen molar-refractivity contribution in [3.05, 3.63) is 105 Å². The fourth-order valence-electron chi connectivity index (χ4n) is 2.51. The summed E-state index contributed by atoms with van der Waals surface area (Å²) in [6.07, 6.45) is 4.31. The zero-order chi connectivity index (χ0) is 21.3. The summed E-state index contributed by atoms with van der Waals surface area (Å²) >= 11 is 2.19. The molecule has 0 bridgehead atoms. The van der Waals surface area contributed by atoms with Crippen LogP contribution in [0.3, 0.4) is 0 Å². The van der Waals surface area contributed by atoms with Crippen LogP contribution >= 0.6 is 22.6 Å². The maximum atomic E-state index is 12.1. The number of carboxylic acid groups (broad SMARTS) is 1. The average molecular weight is 511 g/mol. The standard InChI is InChI=1S/C24H18INO4/c25-20-8-4-5-9-22(20)30-19-13-10-18(11-14-19)16-21(24(28)29)26-23(27)15-12-17-6-2-1-3-7-17/h1-16H,(H,26,27)(H,28,29)/b15-12+,21-16+. The lowest BCUT2D eigenvalue weighted by Crippen LogP contribution is -2.25. The maximum Gasteiger partial charge on any atom is 0.352 e. The number of carbonyl (C=O) groups excluding carboxylic acids is 1. The molecular formula is C24H18INO4. The van der Waals surface area contributed by atoms with Crippen LogP contribution in [0.15, 0.2) is 90.6 Å². The summed E-state index contributed by atoms with van der Waals surface area (Å²) in [5.74, 6) is -0.380. The van der Waals surface area contributed by atoms with Gasteiger partial charge in [0.15, 0.2) is 0 Å². The first-order valence-corrected chi connectivity index (χ1v) is 10.1. The van der Waals surface area contributed by atoms with Gasteiger partial charge < -0.3 is 15.2 Å². The minimum atomic E-state index is -1.23. The van der Waals surface area contributed by atoms with Crippen LogP contribution in [-0.4, -0.2) is 17.0 Å². The first-order valence-electron chi connectivity index (χ1n) is 9.03. The maximum absolute atomic E-state index is 12.1. The van der Waals surface area contributed by atoms with Gasteiger partial charge in [-0.1, -0.05) is 54.6 Å². The van der Waals surface area contributed by atoms with Crippen LogP contribution in [0.1, 0.15) is 11.1 Å². The van der Waals surface area contributed by atoms with Crippen molar-refractivity contribution >= 4 is 46.6 Å². The van der Waals surface area contributed by atoms with E-state index in [-0.39, 0.29) is 5.70 Å². The predicted octanol–water partition coefficient (Wildman–Crippen LogP) is 5.34. The second kappa shape index (κ2) is 10.4. The molecule has 3 rings (SSSR count). The van der Waals surface area contributed by atoms with Crippen LogP contribution in [0.5, 0.6) is 11.5 Å². The van der Waals surface area contributed by atoms with Gasteiger partial charge in [-0.05, 0) is 70.1 Å². The SMILES string of the molecule is O=C(/C=C/c1ccccc1)N/C(=C/c1ccc(Oc2ccccc2I)cc1)C(=O)O. The predicted molar refractivity (Wildman–Crippen MR) is 125 cm³/mol. The molecule has 3 aromatic carbocycles. The summed E-state index contributed by atoms with van der Waals surface area (Å²) in [5.41, 5.74) is 1.25. The molecule has 0 saturated heterocycles. The number of rotatable bonds is 7. The van der Waals surface area contributed by atoms with Crippen molar-refractivity contribution in [1.29, 1.82) is 0 Å². The third kappa shape index (κ3) is 6.31. The smallest absolute Gasteiger partial charge is 0.352 e. The molecule has 0 aromatic heterocycles. The molecule has 3 aromatic rings. The molecule has 0 unspecified atom stereocenters. The van der Waals surface area contributed by atoms with Crippen molar-refractivity contribution < 1.29 is 19.4 Å². The first-order chi connectivity index (χ1) is 14.5. The van der Waals surface area contributed by atoms with Crippen molar-refractivity contribution in [2.24, 2.45) is 0 Å². The van der Waals surface area contributed by atoms with Gasteiger partial charge >= 0.3 is 5.97 Å². The molecule has 0 aliphatic carbocycles. The minimum Gasteiger partial charge on any atom is -0.477 e. The van der Waals surface area contributed by atoms with Crippen LogP contribution in [-0.2, 0) is 9.59 Å². The van der Waals surface area contributed by atoms with Gasteiger partial charge in [-0.2, -0.15) is 0 Å². The van der Waals surface area contributed by atoms with Crippen LogP contribution in [0, 0.1) is 3.57 Å². The molecule has 0 atom stereocenters. The number of hydrogen-bond donors (Lipinski definition) is 2. The van der Waals surface area contributed by atoms with Crippen LogP contribution in [0.4, 0.5) is 0 Å². The summed E-state index contributed by atoms with van der Waals surface area (Å²) in [4.78, 5) is 23.6. The topological polar surface area (TPSA) is 75.6 Å². The lowest BCUT2D eigenvalue weighted by atomic mass is 10.1. The second-order valence-electron chi connectivity index (χ2n) is 6.20. The number of carbonyl (C=O) groups is 2. The van der Waals surface area contributed by atoms with E-state index in [1.54, 1.807) is 30.3 Å². The Morgan fingerprint density at radius 1 is 0.867 bits per heavy atom. The molecule has 0 aliphatic heterocycles. The van der Waals surface area contributed by atoms with Crippen LogP contribution < -0.4 is 10.1 Å². The number of aliphatic carboxylic acids is 1. The highest BCUT2D eigenvalue weighted by molar-refractivity contribution is 14.1. The molecule has 2 N–H and O–H groups in total. The Labute approximate surface area is 187 Å². The van der Waals surface area contributed by atoms with Gasteiger partial charge in [0.2, 0.25) is 5.91 Å². The van der Waals surface area contributed by atoms with Gasteiger partial charge in [0.1, 0.15) is 17.2 Å². The number of hydrogen-bond acceptors (Lipinski definition) is 3. The molecule has 0 aliphatic rings. The number of nitrogens with one attached hydrogen (secondary N) is 1. The Morgan fingerprint density at radius 3 is 2.20 bits per heavy atom. The minimum absolute atomic E-state index is 0.219. The number of ether oxygens (including phenoxy) is 1. The van der Waals surface area contributed by atoms with E-state index in [1.165, 1.54) is 12.2 Å². The fourth-order valence-corrected chi connectivity index (χ4v) is 3.01. The van der Waals surface area contributed by atoms with Gasteiger partial charge in [-0.3, -0.25) is 4.79 Å². The molecule has 0 fully saturated rings. The molecule has 30 heavy (non-hydrogen) atoms.